The van der Waals surface area contributed by atoms with Crippen LogP contribution in [0, 0.1) is 5.92 Å². The zero-order chi connectivity index (χ0) is 13.9. The number of pyridine rings is 1. The fourth-order valence-corrected chi connectivity index (χ4v) is 4.22. The topological polar surface area (TPSA) is 37.3 Å². The Labute approximate surface area is 136 Å². The molecule has 2 heterocycles. The monoisotopic (exact) mass is 399 g/mol. The van der Waals surface area contributed by atoms with Crippen LogP contribution in [0.15, 0.2) is 26.3 Å². The van der Waals surface area contributed by atoms with Crippen molar-refractivity contribution < 1.29 is 0 Å². The molecule has 1 saturated carbocycles. The van der Waals surface area contributed by atoms with Gasteiger partial charge in [0.15, 0.2) is 0 Å². The number of aromatic nitrogens is 1. The van der Waals surface area contributed by atoms with Crippen LogP contribution in [0.1, 0.15) is 44.9 Å². The fraction of sp³-hybridized carbons (Fsp3) is 0.600. The van der Waals surface area contributed by atoms with Gasteiger partial charge in [-0.25, -0.2) is 9.98 Å². The maximum Gasteiger partial charge on any atom is 0.133 e. The van der Waals surface area contributed by atoms with Crippen molar-refractivity contribution in [3.05, 3.63) is 21.3 Å². The van der Waals surface area contributed by atoms with Crippen LogP contribution in [0.25, 0.3) is 0 Å². The molecule has 1 unspecified atom stereocenters. The molecule has 1 N–H and O–H groups in total. The Balaban J connectivity index is 1.68. The van der Waals surface area contributed by atoms with E-state index in [1.807, 2.05) is 12.1 Å². The van der Waals surface area contributed by atoms with E-state index in [9.17, 15) is 0 Å². The van der Waals surface area contributed by atoms with E-state index in [1.54, 1.807) is 0 Å². The Morgan fingerprint density at radius 2 is 1.90 bits per heavy atom. The summed E-state index contributed by atoms with van der Waals surface area (Å²) in [6.45, 7) is 0. The highest BCUT2D eigenvalue weighted by molar-refractivity contribution is 9.11. The molecule has 5 heteroatoms. The second-order valence-corrected chi connectivity index (χ2v) is 7.25. The molecule has 108 valence electrons. The molecule has 1 aromatic heterocycles. The zero-order valence-corrected chi connectivity index (χ0v) is 14.6. The first-order valence-corrected chi connectivity index (χ1v) is 8.97. The van der Waals surface area contributed by atoms with Gasteiger partial charge in [0.2, 0.25) is 0 Å². The van der Waals surface area contributed by atoms with Crippen LogP contribution in [0.2, 0.25) is 0 Å². The summed E-state index contributed by atoms with van der Waals surface area (Å²) >= 11 is 6.84. The first kappa shape index (κ1) is 14.5. The average Bonchev–Trinajstić information content (AvgIpc) is 2.92. The summed E-state index contributed by atoms with van der Waals surface area (Å²) in [6.07, 6.45) is 9.27. The van der Waals surface area contributed by atoms with Crippen LogP contribution < -0.4 is 5.32 Å². The predicted molar refractivity (Wildman–Crippen MR) is 89.5 cm³/mol. The number of amidine groups is 1. The summed E-state index contributed by atoms with van der Waals surface area (Å²) in [5.74, 6) is 1.97. The van der Waals surface area contributed by atoms with Gasteiger partial charge in [0.05, 0.1) is 5.69 Å². The lowest BCUT2D eigenvalue weighted by atomic mass is 9.83. The van der Waals surface area contributed by atoms with E-state index in [0.717, 1.165) is 33.1 Å². The highest BCUT2D eigenvalue weighted by Gasteiger charge is 2.28. The lowest BCUT2D eigenvalue weighted by molar-refractivity contribution is 0.293. The minimum atomic E-state index is 0.635. The van der Waals surface area contributed by atoms with E-state index in [-0.39, 0.29) is 0 Å². The maximum atomic E-state index is 4.72. The van der Waals surface area contributed by atoms with Gasteiger partial charge in [0.25, 0.3) is 0 Å². The molecule has 1 atom stereocenters. The number of aliphatic imine (C=N–C) groups is 1. The highest BCUT2D eigenvalue weighted by atomic mass is 79.9. The largest absolute Gasteiger partial charge is 0.370 e. The molecule has 2 fully saturated rings. The number of hydrogen-bond donors (Lipinski definition) is 1. The molecule has 1 saturated heterocycles. The molecule has 2 aliphatic rings. The number of halogens is 2. The van der Waals surface area contributed by atoms with E-state index < -0.39 is 0 Å². The molecule has 0 spiro atoms. The Hall–Kier alpha value is -0.420. The van der Waals surface area contributed by atoms with Crippen LogP contribution in [0.3, 0.4) is 0 Å². The zero-order valence-electron chi connectivity index (χ0n) is 11.4. The average molecular weight is 401 g/mol. The molecular weight excluding hydrogens is 382 g/mol. The summed E-state index contributed by atoms with van der Waals surface area (Å²) < 4.78 is 1.62. The standard InChI is InChI=1S/C15H19Br2N3/c16-13-8-6-12(15(17)20-13)19-14-9-7-11(18-14)10-4-2-1-3-5-10/h6,8,10-11H,1-5,7,9H2,(H,18,19). The van der Waals surface area contributed by atoms with E-state index in [0.29, 0.717) is 6.04 Å². The van der Waals surface area contributed by atoms with Crippen molar-refractivity contribution in [2.75, 3.05) is 0 Å². The molecule has 1 aliphatic heterocycles. The van der Waals surface area contributed by atoms with Crippen molar-refractivity contribution >= 4 is 43.4 Å². The molecule has 3 rings (SSSR count). The molecule has 0 bridgehead atoms. The molecule has 0 radical (unpaired) electrons. The number of nitrogens with one attached hydrogen (secondary N) is 1. The van der Waals surface area contributed by atoms with Crippen LogP contribution in [0.5, 0.6) is 0 Å². The maximum absolute atomic E-state index is 4.72. The molecule has 20 heavy (non-hydrogen) atoms. The quantitative estimate of drug-likeness (QED) is 0.711. The Kier molecular flexibility index (Phi) is 4.76. The van der Waals surface area contributed by atoms with Crippen molar-refractivity contribution in [2.24, 2.45) is 10.9 Å². The molecule has 1 aliphatic carbocycles. The Morgan fingerprint density at radius 1 is 1.10 bits per heavy atom. The minimum Gasteiger partial charge on any atom is -0.370 e. The number of rotatable bonds is 2. The second kappa shape index (κ2) is 6.56. The number of nitrogens with zero attached hydrogens (tertiary/aromatic N) is 2. The molecule has 0 aromatic carbocycles. The lowest BCUT2D eigenvalue weighted by Crippen LogP contribution is -2.33. The SMILES string of the molecule is Brc1ccc(/N=C2/CCC(C3CCCCC3)N2)c(Br)n1. The van der Waals surface area contributed by atoms with Gasteiger partial charge in [-0.3, -0.25) is 0 Å². The minimum absolute atomic E-state index is 0.635. The fourth-order valence-electron chi connectivity index (χ4n) is 3.26. The van der Waals surface area contributed by atoms with E-state index >= 15 is 0 Å². The van der Waals surface area contributed by atoms with Crippen LogP contribution >= 0.6 is 31.9 Å². The van der Waals surface area contributed by atoms with Crippen molar-refractivity contribution in [3.63, 3.8) is 0 Å². The summed E-state index contributed by atoms with van der Waals surface area (Å²) in [7, 11) is 0. The van der Waals surface area contributed by atoms with Crippen molar-refractivity contribution in [2.45, 2.75) is 51.0 Å². The van der Waals surface area contributed by atoms with Crippen molar-refractivity contribution in [1.29, 1.82) is 0 Å². The summed E-state index contributed by atoms with van der Waals surface area (Å²) in [6, 6.07) is 4.55. The Morgan fingerprint density at radius 3 is 2.65 bits per heavy atom. The third kappa shape index (κ3) is 3.42. The van der Waals surface area contributed by atoms with Gasteiger partial charge < -0.3 is 5.32 Å². The molecule has 3 nitrogen and oxygen atoms in total. The smallest absolute Gasteiger partial charge is 0.133 e. The van der Waals surface area contributed by atoms with Crippen LogP contribution in [-0.2, 0) is 0 Å². The van der Waals surface area contributed by atoms with Gasteiger partial charge in [0.1, 0.15) is 15.0 Å². The van der Waals surface area contributed by atoms with Gasteiger partial charge in [-0.05, 0) is 69.2 Å². The first-order valence-electron chi connectivity index (χ1n) is 7.38. The van der Waals surface area contributed by atoms with Crippen molar-refractivity contribution in [3.8, 4) is 0 Å². The van der Waals surface area contributed by atoms with Gasteiger partial charge in [-0.2, -0.15) is 0 Å². The summed E-state index contributed by atoms with van der Waals surface area (Å²) in [5, 5.41) is 3.64. The highest BCUT2D eigenvalue weighted by Crippen LogP contribution is 2.31. The van der Waals surface area contributed by atoms with E-state index in [2.05, 4.69) is 42.2 Å². The lowest BCUT2D eigenvalue weighted by Gasteiger charge is -2.27. The van der Waals surface area contributed by atoms with Crippen molar-refractivity contribution in [1.82, 2.24) is 10.3 Å². The summed E-state index contributed by atoms with van der Waals surface area (Å²) in [4.78, 5) is 9.04. The van der Waals surface area contributed by atoms with Gasteiger partial charge in [-0.15, -0.1) is 0 Å². The van der Waals surface area contributed by atoms with Gasteiger partial charge in [0, 0.05) is 12.5 Å². The number of hydrogen-bond acceptors (Lipinski definition) is 2. The third-order valence-corrected chi connectivity index (χ3v) is 5.34. The van der Waals surface area contributed by atoms with Gasteiger partial charge in [-0.1, -0.05) is 19.3 Å². The molecule has 0 amide bonds. The second-order valence-electron chi connectivity index (χ2n) is 5.69. The summed E-state index contributed by atoms with van der Waals surface area (Å²) in [5.41, 5.74) is 0.903. The molecular formula is C15H19Br2N3. The predicted octanol–water partition coefficient (Wildman–Crippen LogP) is 4.97. The van der Waals surface area contributed by atoms with Crippen LogP contribution in [-0.4, -0.2) is 16.9 Å². The van der Waals surface area contributed by atoms with Crippen LogP contribution in [0.4, 0.5) is 5.69 Å². The third-order valence-electron chi connectivity index (χ3n) is 4.31. The Bertz CT molecular complexity index is 510. The molecule has 1 aromatic rings. The van der Waals surface area contributed by atoms with Gasteiger partial charge >= 0.3 is 0 Å². The van der Waals surface area contributed by atoms with E-state index in [4.69, 9.17) is 4.99 Å². The first-order chi connectivity index (χ1) is 9.72. The van der Waals surface area contributed by atoms with E-state index in [1.165, 1.54) is 38.5 Å². The normalized spacial score (nSPS) is 25.9.